The monoisotopic (exact) mass is 270 g/mol. The minimum atomic E-state index is -0.221. The largest absolute Gasteiger partial charge is 0.398 e. The molecule has 4 N–H and O–H groups in total. The molecule has 0 saturated carbocycles. The summed E-state index contributed by atoms with van der Waals surface area (Å²) in [6.45, 7) is 2.03. The van der Waals surface area contributed by atoms with Crippen molar-refractivity contribution in [2.45, 2.75) is 13.3 Å². The summed E-state index contributed by atoms with van der Waals surface area (Å²) in [5.41, 5.74) is 9.48. The molecule has 0 aliphatic rings. The van der Waals surface area contributed by atoms with Gasteiger partial charge in [0, 0.05) is 18.0 Å². The van der Waals surface area contributed by atoms with Gasteiger partial charge in [-0.1, -0.05) is 23.8 Å². The van der Waals surface area contributed by atoms with Crippen LogP contribution in [0.3, 0.4) is 0 Å². The second-order valence-corrected chi connectivity index (χ2v) is 4.72. The van der Waals surface area contributed by atoms with Crippen molar-refractivity contribution in [1.82, 2.24) is 0 Å². The molecule has 0 heterocycles. The van der Waals surface area contributed by atoms with E-state index in [1.807, 2.05) is 37.3 Å². The van der Waals surface area contributed by atoms with E-state index in [0.717, 1.165) is 11.1 Å². The van der Waals surface area contributed by atoms with Crippen molar-refractivity contribution in [3.8, 4) is 0 Å². The Morgan fingerprint density at radius 3 is 2.55 bits per heavy atom. The summed E-state index contributed by atoms with van der Waals surface area (Å²) in [7, 11) is 0. The van der Waals surface area contributed by atoms with E-state index in [0.29, 0.717) is 23.4 Å². The predicted octanol–water partition coefficient (Wildman–Crippen LogP) is 2.36. The minimum Gasteiger partial charge on any atom is -0.398 e. The fourth-order valence-corrected chi connectivity index (χ4v) is 1.95. The van der Waals surface area contributed by atoms with Gasteiger partial charge in [-0.2, -0.15) is 0 Å². The Labute approximate surface area is 118 Å². The van der Waals surface area contributed by atoms with Crippen molar-refractivity contribution < 1.29 is 9.90 Å². The third kappa shape index (κ3) is 3.36. The topological polar surface area (TPSA) is 75.4 Å². The number of rotatable bonds is 4. The molecule has 0 atom stereocenters. The summed E-state index contributed by atoms with van der Waals surface area (Å²) >= 11 is 0. The summed E-state index contributed by atoms with van der Waals surface area (Å²) in [6.07, 6.45) is 0.610. The fraction of sp³-hybridized carbons (Fsp3) is 0.188. The summed E-state index contributed by atoms with van der Waals surface area (Å²) in [5.74, 6) is -0.221. The lowest BCUT2D eigenvalue weighted by atomic mass is 10.1. The molecule has 0 spiro atoms. The second-order valence-electron chi connectivity index (χ2n) is 4.72. The van der Waals surface area contributed by atoms with E-state index < -0.39 is 0 Å². The first-order valence-corrected chi connectivity index (χ1v) is 6.47. The highest BCUT2D eigenvalue weighted by Crippen LogP contribution is 2.17. The van der Waals surface area contributed by atoms with Crippen LogP contribution in [0.4, 0.5) is 11.4 Å². The second kappa shape index (κ2) is 6.21. The van der Waals surface area contributed by atoms with Gasteiger partial charge >= 0.3 is 0 Å². The number of hydrogen-bond donors (Lipinski definition) is 3. The first kappa shape index (κ1) is 14.1. The third-order valence-corrected chi connectivity index (χ3v) is 3.07. The molecule has 0 aromatic heterocycles. The van der Waals surface area contributed by atoms with Gasteiger partial charge in [0.05, 0.1) is 5.56 Å². The van der Waals surface area contributed by atoms with E-state index >= 15 is 0 Å². The summed E-state index contributed by atoms with van der Waals surface area (Å²) in [6, 6.07) is 12.8. The number of aliphatic hydroxyl groups is 1. The molecule has 2 rings (SSSR count). The van der Waals surface area contributed by atoms with Crippen LogP contribution in [0, 0.1) is 6.92 Å². The van der Waals surface area contributed by atoms with Crippen LogP contribution >= 0.6 is 0 Å². The zero-order valence-electron chi connectivity index (χ0n) is 11.4. The lowest BCUT2D eigenvalue weighted by Gasteiger charge is -2.09. The lowest BCUT2D eigenvalue weighted by molar-refractivity contribution is 0.102. The number of nitrogen functional groups attached to an aromatic ring is 1. The number of carbonyl (C=O) groups excluding carboxylic acids is 1. The molecule has 0 saturated heterocycles. The Morgan fingerprint density at radius 2 is 1.90 bits per heavy atom. The van der Waals surface area contributed by atoms with Gasteiger partial charge in [0.2, 0.25) is 0 Å². The standard InChI is InChI=1S/C16H18N2O2/c1-11-2-7-15(17)14(10-11)16(20)18-13-5-3-12(4-6-13)8-9-19/h2-7,10,19H,8-9,17H2,1H3,(H,18,20). The zero-order chi connectivity index (χ0) is 14.5. The normalized spacial score (nSPS) is 10.3. The number of anilines is 2. The fourth-order valence-electron chi connectivity index (χ4n) is 1.95. The number of aryl methyl sites for hydroxylation is 1. The van der Waals surface area contributed by atoms with Crippen molar-refractivity contribution in [3.05, 3.63) is 59.2 Å². The van der Waals surface area contributed by atoms with Gasteiger partial charge in [0.1, 0.15) is 0 Å². The quantitative estimate of drug-likeness (QED) is 0.747. The van der Waals surface area contributed by atoms with Crippen molar-refractivity contribution in [2.24, 2.45) is 0 Å². The molecule has 1 amide bonds. The van der Waals surface area contributed by atoms with E-state index in [9.17, 15) is 4.79 Å². The molecular weight excluding hydrogens is 252 g/mol. The number of nitrogens with one attached hydrogen (secondary N) is 1. The van der Waals surface area contributed by atoms with Crippen molar-refractivity contribution in [2.75, 3.05) is 17.7 Å². The summed E-state index contributed by atoms with van der Waals surface area (Å²) < 4.78 is 0. The molecule has 2 aromatic rings. The van der Waals surface area contributed by atoms with Crippen molar-refractivity contribution in [1.29, 1.82) is 0 Å². The van der Waals surface area contributed by atoms with Gasteiger partial charge in [0.25, 0.3) is 5.91 Å². The van der Waals surface area contributed by atoms with Crippen LogP contribution in [0.5, 0.6) is 0 Å². The van der Waals surface area contributed by atoms with Gasteiger partial charge in [0.15, 0.2) is 0 Å². The van der Waals surface area contributed by atoms with Gasteiger partial charge < -0.3 is 16.2 Å². The summed E-state index contributed by atoms with van der Waals surface area (Å²) in [4.78, 5) is 12.2. The number of nitrogens with two attached hydrogens (primary N) is 1. The molecule has 0 radical (unpaired) electrons. The average molecular weight is 270 g/mol. The van der Waals surface area contributed by atoms with Gasteiger partial charge in [-0.3, -0.25) is 4.79 Å². The molecule has 4 nitrogen and oxygen atoms in total. The van der Waals surface area contributed by atoms with E-state index in [1.165, 1.54) is 0 Å². The highest BCUT2D eigenvalue weighted by Gasteiger charge is 2.10. The Morgan fingerprint density at radius 1 is 1.20 bits per heavy atom. The van der Waals surface area contributed by atoms with Crippen LogP contribution < -0.4 is 11.1 Å². The Balaban J connectivity index is 2.13. The number of amides is 1. The van der Waals surface area contributed by atoms with Crippen LogP contribution in [0.15, 0.2) is 42.5 Å². The van der Waals surface area contributed by atoms with Crippen LogP contribution in [0.2, 0.25) is 0 Å². The SMILES string of the molecule is Cc1ccc(N)c(C(=O)Nc2ccc(CCO)cc2)c1. The predicted molar refractivity (Wildman–Crippen MR) is 80.8 cm³/mol. The average Bonchev–Trinajstić information content (AvgIpc) is 2.44. The van der Waals surface area contributed by atoms with Crippen LogP contribution in [0.1, 0.15) is 21.5 Å². The first-order chi connectivity index (χ1) is 9.60. The number of carbonyl (C=O) groups is 1. The highest BCUT2D eigenvalue weighted by molar-refractivity contribution is 6.07. The molecule has 4 heteroatoms. The van der Waals surface area contributed by atoms with Gasteiger partial charge in [-0.05, 0) is 43.2 Å². The lowest BCUT2D eigenvalue weighted by Crippen LogP contribution is -2.14. The van der Waals surface area contributed by atoms with E-state index in [2.05, 4.69) is 5.32 Å². The first-order valence-electron chi connectivity index (χ1n) is 6.47. The van der Waals surface area contributed by atoms with E-state index in [4.69, 9.17) is 10.8 Å². The maximum atomic E-state index is 12.2. The molecule has 2 aromatic carbocycles. The highest BCUT2D eigenvalue weighted by atomic mass is 16.2. The van der Waals surface area contributed by atoms with Crippen molar-refractivity contribution >= 4 is 17.3 Å². The minimum absolute atomic E-state index is 0.117. The van der Waals surface area contributed by atoms with Gasteiger partial charge in [-0.25, -0.2) is 0 Å². The third-order valence-electron chi connectivity index (χ3n) is 3.07. The molecular formula is C16H18N2O2. The smallest absolute Gasteiger partial charge is 0.257 e. The molecule has 0 unspecified atom stereocenters. The number of benzene rings is 2. The van der Waals surface area contributed by atoms with E-state index in [1.54, 1.807) is 12.1 Å². The Kier molecular flexibility index (Phi) is 4.38. The van der Waals surface area contributed by atoms with Crippen LogP contribution in [-0.4, -0.2) is 17.6 Å². The maximum absolute atomic E-state index is 12.2. The Bertz CT molecular complexity index is 606. The maximum Gasteiger partial charge on any atom is 0.257 e. The summed E-state index contributed by atoms with van der Waals surface area (Å²) in [5, 5.41) is 11.7. The molecule has 0 bridgehead atoms. The van der Waals surface area contributed by atoms with Crippen LogP contribution in [-0.2, 0) is 6.42 Å². The van der Waals surface area contributed by atoms with Crippen molar-refractivity contribution in [3.63, 3.8) is 0 Å². The number of hydrogen-bond acceptors (Lipinski definition) is 3. The molecule has 20 heavy (non-hydrogen) atoms. The number of aliphatic hydroxyl groups excluding tert-OH is 1. The van der Waals surface area contributed by atoms with Crippen LogP contribution in [0.25, 0.3) is 0 Å². The molecule has 0 fully saturated rings. The van der Waals surface area contributed by atoms with E-state index in [-0.39, 0.29) is 12.5 Å². The van der Waals surface area contributed by atoms with Gasteiger partial charge in [-0.15, -0.1) is 0 Å². The molecule has 0 aliphatic heterocycles. The Hall–Kier alpha value is -2.33. The molecule has 104 valence electrons. The molecule has 0 aliphatic carbocycles. The zero-order valence-corrected chi connectivity index (χ0v) is 11.4.